The van der Waals surface area contributed by atoms with Crippen molar-refractivity contribution in [2.75, 3.05) is 20.2 Å². The number of benzene rings is 2. The summed E-state index contributed by atoms with van der Waals surface area (Å²) in [6.07, 6.45) is 4.94. The molecule has 4 nitrogen and oxygen atoms in total. The van der Waals surface area contributed by atoms with Gasteiger partial charge >= 0.3 is 0 Å². The van der Waals surface area contributed by atoms with E-state index in [1.807, 2.05) is 35.1 Å². The summed E-state index contributed by atoms with van der Waals surface area (Å²) >= 11 is 6.16. The molecule has 134 valence electrons. The van der Waals surface area contributed by atoms with Crippen LogP contribution in [0, 0.1) is 0 Å². The number of nitrogens with zero attached hydrogens (tertiary/aromatic N) is 3. The standard InChI is InChI=1S/C21H22ClN3O/c1-26-20-6-7-21(25-10-3-9-23-25)18(13-20)15-24-11-8-17(14-24)16-4-2-5-19(22)12-16/h2-7,9-10,12-13,17H,8,11,14-15H2,1H3. The highest BCUT2D eigenvalue weighted by Gasteiger charge is 2.25. The molecule has 0 radical (unpaired) electrons. The summed E-state index contributed by atoms with van der Waals surface area (Å²) in [6.45, 7) is 2.99. The summed E-state index contributed by atoms with van der Waals surface area (Å²) in [5.74, 6) is 1.41. The fourth-order valence-electron chi connectivity index (χ4n) is 3.70. The number of hydrogen-bond donors (Lipinski definition) is 0. The molecular formula is C21H22ClN3O. The van der Waals surface area contributed by atoms with E-state index in [1.54, 1.807) is 13.3 Å². The Labute approximate surface area is 159 Å². The van der Waals surface area contributed by atoms with Gasteiger partial charge in [0.15, 0.2) is 0 Å². The van der Waals surface area contributed by atoms with E-state index in [-0.39, 0.29) is 0 Å². The average Bonchev–Trinajstić information content (AvgIpc) is 3.34. The lowest BCUT2D eigenvalue weighted by Gasteiger charge is -2.19. The van der Waals surface area contributed by atoms with Crippen LogP contribution in [0.4, 0.5) is 0 Å². The van der Waals surface area contributed by atoms with Crippen LogP contribution in [-0.2, 0) is 6.54 Å². The molecule has 1 aliphatic rings. The van der Waals surface area contributed by atoms with Gasteiger partial charge in [0, 0.05) is 30.5 Å². The molecule has 2 aromatic carbocycles. The number of rotatable bonds is 5. The summed E-state index contributed by atoms with van der Waals surface area (Å²) in [6, 6.07) is 16.4. The molecule has 1 aromatic heterocycles. The first-order chi connectivity index (χ1) is 12.7. The maximum Gasteiger partial charge on any atom is 0.119 e. The van der Waals surface area contributed by atoms with Crippen molar-refractivity contribution in [2.45, 2.75) is 18.9 Å². The van der Waals surface area contributed by atoms with E-state index in [2.05, 4.69) is 34.3 Å². The van der Waals surface area contributed by atoms with Crippen molar-refractivity contribution >= 4 is 11.6 Å². The second-order valence-electron chi connectivity index (χ2n) is 6.72. The zero-order valence-electron chi connectivity index (χ0n) is 14.8. The molecule has 0 saturated carbocycles. The summed E-state index contributed by atoms with van der Waals surface area (Å²) < 4.78 is 7.35. The van der Waals surface area contributed by atoms with Crippen molar-refractivity contribution in [2.24, 2.45) is 0 Å². The molecule has 1 aliphatic heterocycles. The molecule has 0 aliphatic carbocycles. The first-order valence-electron chi connectivity index (χ1n) is 8.87. The zero-order valence-corrected chi connectivity index (χ0v) is 15.6. The molecule has 0 N–H and O–H groups in total. The zero-order chi connectivity index (χ0) is 17.9. The number of ether oxygens (including phenoxy) is 1. The van der Waals surface area contributed by atoms with Gasteiger partial charge in [-0.2, -0.15) is 5.10 Å². The minimum absolute atomic E-state index is 0.535. The Kier molecular flexibility index (Phi) is 4.96. The molecule has 3 aromatic rings. The molecule has 0 amide bonds. The van der Waals surface area contributed by atoms with Crippen molar-refractivity contribution in [3.05, 3.63) is 77.1 Å². The van der Waals surface area contributed by atoms with E-state index in [0.29, 0.717) is 5.92 Å². The summed E-state index contributed by atoms with van der Waals surface area (Å²) in [5, 5.41) is 5.21. The SMILES string of the molecule is COc1ccc(-n2cccn2)c(CN2CCC(c3cccc(Cl)c3)C2)c1. The van der Waals surface area contributed by atoms with Gasteiger partial charge in [-0.25, -0.2) is 4.68 Å². The Bertz CT molecular complexity index is 879. The van der Waals surface area contributed by atoms with E-state index in [0.717, 1.165) is 42.5 Å². The molecule has 1 unspecified atom stereocenters. The third-order valence-electron chi connectivity index (χ3n) is 5.02. The number of hydrogen-bond acceptors (Lipinski definition) is 3. The molecule has 0 bridgehead atoms. The van der Waals surface area contributed by atoms with Gasteiger partial charge in [-0.15, -0.1) is 0 Å². The van der Waals surface area contributed by atoms with Crippen molar-refractivity contribution in [1.82, 2.24) is 14.7 Å². The highest BCUT2D eigenvalue weighted by molar-refractivity contribution is 6.30. The molecule has 4 rings (SSSR count). The average molecular weight is 368 g/mol. The largest absolute Gasteiger partial charge is 0.497 e. The molecule has 26 heavy (non-hydrogen) atoms. The lowest BCUT2D eigenvalue weighted by Crippen LogP contribution is -2.21. The van der Waals surface area contributed by atoms with Crippen molar-refractivity contribution < 1.29 is 4.74 Å². The van der Waals surface area contributed by atoms with Gasteiger partial charge in [-0.05, 0) is 66.4 Å². The van der Waals surface area contributed by atoms with E-state index in [1.165, 1.54) is 11.1 Å². The first-order valence-corrected chi connectivity index (χ1v) is 9.25. The lowest BCUT2D eigenvalue weighted by atomic mass is 9.99. The molecule has 0 spiro atoms. The topological polar surface area (TPSA) is 30.3 Å². The van der Waals surface area contributed by atoms with Crippen molar-refractivity contribution in [3.63, 3.8) is 0 Å². The molecule has 5 heteroatoms. The Morgan fingerprint density at radius 1 is 1.19 bits per heavy atom. The smallest absolute Gasteiger partial charge is 0.119 e. The van der Waals surface area contributed by atoms with E-state index >= 15 is 0 Å². The monoisotopic (exact) mass is 367 g/mol. The summed E-state index contributed by atoms with van der Waals surface area (Å²) in [5.41, 5.74) is 3.65. The van der Waals surface area contributed by atoms with Crippen LogP contribution in [0.3, 0.4) is 0 Å². The van der Waals surface area contributed by atoms with Crippen LogP contribution >= 0.6 is 11.6 Å². The fraction of sp³-hybridized carbons (Fsp3) is 0.286. The lowest BCUT2D eigenvalue weighted by molar-refractivity contribution is 0.325. The van der Waals surface area contributed by atoms with Crippen LogP contribution in [0.15, 0.2) is 60.9 Å². The van der Waals surface area contributed by atoms with E-state index in [9.17, 15) is 0 Å². The maximum absolute atomic E-state index is 6.16. The van der Waals surface area contributed by atoms with E-state index in [4.69, 9.17) is 16.3 Å². The molecule has 1 saturated heterocycles. The molecule has 1 atom stereocenters. The maximum atomic E-state index is 6.16. The van der Waals surface area contributed by atoms with Crippen LogP contribution in [0.5, 0.6) is 5.75 Å². The highest BCUT2D eigenvalue weighted by atomic mass is 35.5. The third-order valence-corrected chi connectivity index (χ3v) is 5.26. The van der Waals surface area contributed by atoms with Crippen LogP contribution in [0.25, 0.3) is 5.69 Å². The molecular weight excluding hydrogens is 346 g/mol. The van der Waals surface area contributed by atoms with Gasteiger partial charge in [0.05, 0.1) is 12.8 Å². The predicted octanol–water partition coefficient (Wildman–Crippen LogP) is 4.52. The number of likely N-dealkylation sites (tertiary alicyclic amines) is 1. The minimum atomic E-state index is 0.535. The van der Waals surface area contributed by atoms with Gasteiger partial charge in [0.2, 0.25) is 0 Å². The van der Waals surface area contributed by atoms with Crippen LogP contribution in [0.1, 0.15) is 23.5 Å². The second kappa shape index (κ2) is 7.52. The van der Waals surface area contributed by atoms with Gasteiger partial charge in [-0.1, -0.05) is 23.7 Å². The Morgan fingerprint density at radius 2 is 2.12 bits per heavy atom. The molecule has 1 fully saturated rings. The van der Waals surface area contributed by atoms with Crippen molar-refractivity contribution in [3.8, 4) is 11.4 Å². The van der Waals surface area contributed by atoms with Gasteiger partial charge in [0.25, 0.3) is 0 Å². The van der Waals surface area contributed by atoms with Gasteiger partial charge < -0.3 is 4.74 Å². The van der Waals surface area contributed by atoms with Gasteiger partial charge in [-0.3, -0.25) is 4.90 Å². The second-order valence-corrected chi connectivity index (χ2v) is 7.16. The number of aromatic nitrogens is 2. The molecule has 2 heterocycles. The predicted molar refractivity (Wildman–Crippen MR) is 104 cm³/mol. The number of halogens is 1. The normalized spacial score (nSPS) is 17.5. The third kappa shape index (κ3) is 3.62. The summed E-state index contributed by atoms with van der Waals surface area (Å²) in [4.78, 5) is 2.49. The van der Waals surface area contributed by atoms with Crippen LogP contribution in [0.2, 0.25) is 5.02 Å². The summed E-state index contributed by atoms with van der Waals surface area (Å²) in [7, 11) is 1.71. The fourth-order valence-corrected chi connectivity index (χ4v) is 3.90. The number of methoxy groups -OCH3 is 1. The quantitative estimate of drug-likeness (QED) is 0.664. The highest BCUT2D eigenvalue weighted by Crippen LogP contribution is 2.31. The minimum Gasteiger partial charge on any atom is -0.497 e. The first kappa shape index (κ1) is 17.1. The van der Waals surface area contributed by atoms with Crippen LogP contribution < -0.4 is 4.74 Å². The van der Waals surface area contributed by atoms with Crippen LogP contribution in [-0.4, -0.2) is 34.9 Å². The van der Waals surface area contributed by atoms with Gasteiger partial charge in [0.1, 0.15) is 5.75 Å². The Balaban J connectivity index is 1.54. The Morgan fingerprint density at radius 3 is 2.88 bits per heavy atom. The van der Waals surface area contributed by atoms with E-state index < -0.39 is 0 Å². The van der Waals surface area contributed by atoms with Crippen molar-refractivity contribution in [1.29, 1.82) is 0 Å². The Hall–Kier alpha value is -2.30.